The predicted octanol–water partition coefficient (Wildman–Crippen LogP) is 3.84. The third kappa shape index (κ3) is 5.20. The number of aliphatic hydroxyl groups excluding tert-OH is 1. The van der Waals surface area contributed by atoms with E-state index in [9.17, 15) is 24.8 Å². The maximum absolute atomic E-state index is 13.0. The van der Waals surface area contributed by atoms with E-state index in [4.69, 9.17) is 9.47 Å². The Morgan fingerprint density at radius 3 is 2.30 bits per heavy atom. The quantitative estimate of drug-likeness (QED) is 0.153. The van der Waals surface area contributed by atoms with E-state index in [2.05, 4.69) is 0 Å². The van der Waals surface area contributed by atoms with Crippen LogP contribution in [0.5, 0.6) is 5.75 Å². The number of nitrogens with zero attached hydrogens (tertiary/aromatic N) is 2. The average molecular weight is 454 g/mol. The number of ketones is 1. The molecule has 174 valence electrons. The molecular formula is C24H26N2O7. The minimum absolute atomic E-state index is 0.0241. The number of rotatable bonds is 9. The van der Waals surface area contributed by atoms with Gasteiger partial charge in [-0.05, 0) is 62.2 Å². The number of ether oxygens (including phenoxy) is 2. The van der Waals surface area contributed by atoms with Gasteiger partial charge in [0.15, 0.2) is 0 Å². The highest BCUT2D eigenvalue weighted by Gasteiger charge is 2.45. The lowest BCUT2D eigenvalue weighted by Gasteiger charge is -2.25. The van der Waals surface area contributed by atoms with E-state index in [0.29, 0.717) is 29.9 Å². The molecule has 0 unspecified atom stereocenters. The van der Waals surface area contributed by atoms with Gasteiger partial charge in [0.05, 0.1) is 22.6 Å². The van der Waals surface area contributed by atoms with Crippen LogP contribution in [-0.2, 0) is 14.3 Å². The molecule has 33 heavy (non-hydrogen) atoms. The zero-order valence-corrected chi connectivity index (χ0v) is 18.7. The van der Waals surface area contributed by atoms with Crippen molar-refractivity contribution in [2.45, 2.75) is 32.4 Å². The Hall–Kier alpha value is -3.72. The average Bonchev–Trinajstić information content (AvgIpc) is 3.04. The lowest BCUT2D eigenvalue weighted by atomic mass is 9.95. The summed E-state index contributed by atoms with van der Waals surface area (Å²) in [7, 11) is 1.54. The molecule has 1 saturated heterocycles. The van der Waals surface area contributed by atoms with Crippen molar-refractivity contribution in [1.82, 2.24) is 4.90 Å². The monoisotopic (exact) mass is 454 g/mol. The van der Waals surface area contributed by atoms with E-state index in [-0.39, 0.29) is 29.7 Å². The number of carbonyl (C=O) groups is 2. The van der Waals surface area contributed by atoms with Gasteiger partial charge < -0.3 is 19.5 Å². The van der Waals surface area contributed by atoms with Gasteiger partial charge in [0, 0.05) is 38.0 Å². The van der Waals surface area contributed by atoms with Crippen LogP contribution in [0.1, 0.15) is 37.4 Å². The summed E-state index contributed by atoms with van der Waals surface area (Å²) >= 11 is 0. The molecule has 0 radical (unpaired) electrons. The summed E-state index contributed by atoms with van der Waals surface area (Å²) in [4.78, 5) is 37.7. The summed E-state index contributed by atoms with van der Waals surface area (Å²) in [5.74, 6) is -1.26. The van der Waals surface area contributed by atoms with E-state index >= 15 is 0 Å². The van der Waals surface area contributed by atoms with Crippen LogP contribution in [0, 0.1) is 10.1 Å². The maximum atomic E-state index is 13.0. The maximum Gasteiger partial charge on any atom is 0.295 e. The van der Waals surface area contributed by atoms with Crippen molar-refractivity contribution >= 4 is 23.1 Å². The molecule has 1 fully saturated rings. The topological polar surface area (TPSA) is 119 Å². The molecule has 1 N–H and O–H groups in total. The van der Waals surface area contributed by atoms with Crippen LogP contribution in [-0.4, -0.2) is 53.0 Å². The highest BCUT2D eigenvalue weighted by atomic mass is 16.6. The Kier molecular flexibility index (Phi) is 7.44. The number of amides is 1. The van der Waals surface area contributed by atoms with Crippen molar-refractivity contribution in [3.8, 4) is 5.75 Å². The summed E-state index contributed by atoms with van der Waals surface area (Å²) in [5, 5.41) is 22.1. The molecule has 1 aliphatic heterocycles. The third-order valence-electron chi connectivity index (χ3n) is 5.21. The minimum Gasteiger partial charge on any atom is -0.507 e. The molecule has 2 aromatic rings. The van der Waals surface area contributed by atoms with Crippen LogP contribution in [0.15, 0.2) is 54.1 Å². The van der Waals surface area contributed by atoms with Gasteiger partial charge in [0.25, 0.3) is 17.4 Å². The first-order chi connectivity index (χ1) is 15.7. The number of methoxy groups -OCH3 is 1. The zero-order chi connectivity index (χ0) is 24.1. The Bertz CT molecular complexity index is 1060. The third-order valence-corrected chi connectivity index (χ3v) is 5.21. The van der Waals surface area contributed by atoms with E-state index in [1.54, 1.807) is 24.3 Å². The molecule has 9 nitrogen and oxygen atoms in total. The summed E-state index contributed by atoms with van der Waals surface area (Å²) < 4.78 is 10.7. The molecule has 2 aromatic carbocycles. The van der Waals surface area contributed by atoms with Crippen molar-refractivity contribution in [1.29, 1.82) is 0 Å². The Morgan fingerprint density at radius 2 is 1.76 bits per heavy atom. The lowest BCUT2D eigenvalue weighted by molar-refractivity contribution is -0.384. The first-order valence-corrected chi connectivity index (χ1v) is 10.5. The Balaban J connectivity index is 2.06. The number of Topliss-reactive ketones (excluding diaryl/α,β-unsaturated/α-hetero) is 1. The van der Waals surface area contributed by atoms with E-state index in [1.807, 2.05) is 13.8 Å². The van der Waals surface area contributed by atoms with Crippen molar-refractivity contribution in [2.75, 3.05) is 20.3 Å². The second-order valence-electron chi connectivity index (χ2n) is 7.88. The smallest absolute Gasteiger partial charge is 0.295 e. The minimum atomic E-state index is -0.880. The summed E-state index contributed by atoms with van der Waals surface area (Å²) in [6, 6.07) is 11.3. The van der Waals surface area contributed by atoms with Gasteiger partial charge in [-0.3, -0.25) is 19.7 Å². The van der Waals surface area contributed by atoms with Gasteiger partial charge in [-0.2, -0.15) is 0 Å². The van der Waals surface area contributed by atoms with Crippen molar-refractivity contribution in [2.24, 2.45) is 0 Å². The molecule has 1 amide bonds. The summed E-state index contributed by atoms with van der Waals surface area (Å²) in [5.41, 5.74) is 0.658. The number of nitro groups is 1. The molecule has 0 aromatic heterocycles. The van der Waals surface area contributed by atoms with Gasteiger partial charge in [-0.25, -0.2) is 0 Å². The Labute approximate surface area is 191 Å². The van der Waals surface area contributed by atoms with Gasteiger partial charge in [-0.15, -0.1) is 0 Å². The molecule has 0 aliphatic carbocycles. The molecule has 0 spiro atoms. The van der Waals surface area contributed by atoms with Crippen LogP contribution in [0.4, 0.5) is 5.69 Å². The summed E-state index contributed by atoms with van der Waals surface area (Å²) in [6.07, 6.45) is 0.456. The van der Waals surface area contributed by atoms with Gasteiger partial charge in [0.1, 0.15) is 11.5 Å². The predicted molar refractivity (Wildman–Crippen MR) is 121 cm³/mol. The SMILES string of the molecule is COCCCN1C(=O)C(=O)/C(=C(/O)c2ccc(OC(C)C)cc2)[C@@H]1c1ccc([N+](=O)[O-])cc1. The van der Waals surface area contributed by atoms with Gasteiger partial charge in [-0.1, -0.05) is 0 Å². The first-order valence-electron chi connectivity index (χ1n) is 10.5. The number of nitro benzene ring substituents is 1. The number of benzene rings is 2. The Morgan fingerprint density at radius 1 is 1.12 bits per heavy atom. The van der Waals surface area contributed by atoms with Gasteiger partial charge >= 0.3 is 0 Å². The van der Waals surface area contributed by atoms with Crippen LogP contribution >= 0.6 is 0 Å². The number of hydrogen-bond acceptors (Lipinski definition) is 7. The van der Waals surface area contributed by atoms with Crippen LogP contribution in [0.3, 0.4) is 0 Å². The second kappa shape index (κ2) is 10.3. The molecule has 1 aliphatic rings. The van der Waals surface area contributed by atoms with Crippen LogP contribution in [0.2, 0.25) is 0 Å². The lowest BCUT2D eigenvalue weighted by Crippen LogP contribution is -2.31. The summed E-state index contributed by atoms with van der Waals surface area (Å²) in [6.45, 7) is 4.39. The molecule has 0 bridgehead atoms. The first kappa shape index (κ1) is 23.9. The van der Waals surface area contributed by atoms with Crippen molar-refractivity contribution < 1.29 is 29.1 Å². The number of carbonyl (C=O) groups excluding carboxylic acids is 2. The fourth-order valence-corrected chi connectivity index (χ4v) is 3.73. The van der Waals surface area contributed by atoms with E-state index in [1.165, 1.54) is 36.3 Å². The number of aliphatic hydroxyl groups is 1. The fourth-order valence-electron chi connectivity index (χ4n) is 3.73. The molecule has 1 heterocycles. The van der Waals surface area contributed by atoms with Crippen LogP contribution in [0.25, 0.3) is 5.76 Å². The highest BCUT2D eigenvalue weighted by Crippen LogP contribution is 2.40. The zero-order valence-electron chi connectivity index (χ0n) is 18.7. The van der Waals surface area contributed by atoms with E-state index in [0.717, 1.165) is 0 Å². The van der Waals surface area contributed by atoms with Crippen molar-refractivity contribution in [3.63, 3.8) is 0 Å². The largest absolute Gasteiger partial charge is 0.507 e. The second-order valence-corrected chi connectivity index (χ2v) is 7.88. The molecular weight excluding hydrogens is 428 g/mol. The number of hydrogen-bond donors (Lipinski definition) is 1. The molecule has 1 atom stereocenters. The van der Waals surface area contributed by atoms with Crippen LogP contribution < -0.4 is 4.74 Å². The fraction of sp³-hybridized carbons (Fsp3) is 0.333. The van der Waals surface area contributed by atoms with Crippen molar-refractivity contribution in [3.05, 3.63) is 75.3 Å². The number of likely N-dealkylation sites (tertiary alicyclic amines) is 1. The standard InChI is InChI=1S/C24H26N2O7/c1-15(2)33-19-11-7-17(8-12-19)22(27)20-21(16-5-9-18(10-6-16)26(30)31)25(13-4-14-32-3)24(29)23(20)28/h5-12,15,21,27H,4,13-14H2,1-3H3/b22-20+/t21-/m0/s1. The van der Waals surface area contributed by atoms with Gasteiger partial charge in [0.2, 0.25) is 0 Å². The number of non-ortho nitro benzene ring substituents is 1. The molecule has 9 heteroatoms. The molecule has 0 saturated carbocycles. The normalized spacial score (nSPS) is 17.6. The highest BCUT2D eigenvalue weighted by molar-refractivity contribution is 6.46. The molecule has 3 rings (SSSR count). The van der Waals surface area contributed by atoms with E-state index < -0.39 is 22.7 Å².